The highest BCUT2D eigenvalue weighted by Crippen LogP contribution is 2.40. The average molecular weight is 261 g/mol. The Morgan fingerprint density at radius 1 is 1.58 bits per heavy atom. The van der Waals surface area contributed by atoms with Crippen molar-refractivity contribution in [3.8, 4) is 11.8 Å². The first-order valence-corrected chi connectivity index (χ1v) is 5.82. The summed E-state index contributed by atoms with van der Waals surface area (Å²) in [5, 5.41) is 21.7. The van der Waals surface area contributed by atoms with Crippen LogP contribution in [0.3, 0.4) is 0 Å². The minimum absolute atomic E-state index is 0.422. The van der Waals surface area contributed by atoms with Crippen LogP contribution in [0, 0.1) is 11.3 Å². The number of primary amides is 1. The van der Waals surface area contributed by atoms with Gasteiger partial charge in [0.05, 0.1) is 17.7 Å². The number of aliphatic hydroxyl groups excluding tert-OH is 1. The van der Waals surface area contributed by atoms with E-state index in [1.54, 1.807) is 32.0 Å². The number of urea groups is 1. The second-order valence-corrected chi connectivity index (χ2v) is 5.00. The Hall–Kier alpha value is -2.26. The minimum Gasteiger partial charge on any atom is -0.485 e. The minimum atomic E-state index is -0.971. The van der Waals surface area contributed by atoms with Gasteiger partial charge < -0.3 is 20.9 Å². The molecule has 0 aliphatic carbocycles. The van der Waals surface area contributed by atoms with Crippen molar-refractivity contribution in [3.05, 3.63) is 29.3 Å². The lowest BCUT2D eigenvalue weighted by Gasteiger charge is -2.42. The zero-order valence-electron chi connectivity index (χ0n) is 10.7. The molecular formula is C13H15N3O3. The van der Waals surface area contributed by atoms with Gasteiger partial charge in [0.25, 0.3) is 0 Å². The van der Waals surface area contributed by atoms with Crippen LogP contribution in [0.25, 0.3) is 0 Å². The number of hydrogen-bond acceptors (Lipinski definition) is 4. The number of nitriles is 1. The van der Waals surface area contributed by atoms with E-state index in [2.05, 4.69) is 5.32 Å². The second kappa shape index (κ2) is 4.44. The van der Waals surface area contributed by atoms with Gasteiger partial charge in [0, 0.05) is 5.56 Å². The van der Waals surface area contributed by atoms with Crippen LogP contribution in [-0.2, 0) is 0 Å². The lowest BCUT2D eigenvalue weighted by molar-refractivity contribution is -0.0619. The maximum atomic E-state index is 11.1. The van der Waals surface area contributed by atoms with E-state index >= 15 is 0 Å². The van der Waals surface area contributed by atoms with Crippen LogP contribution < -0.4 is 15.8 Å². The average Bonchev–Trinajstić information content (AvgIpc) is 2.34. The Bertz CT molecular complexity index is 563. The first kappa shape index (κ1) is 13.2. The van der Waals surface area contributed by atoms with E-state index in [0.29, 0.717) is 16.9 Å². The summed E-state index contributed by atoms with van der Waals surface area (Å²) in [6, 6.07) is 5.41. The highest BCUT2D eigenvalue weighted by molar-refractivity contribution is 5.72. The first-order valence-electron chi connectivity index (χ1n) is 5.82. The molecule has 0 radical (unpaired) electrons. The number of nitrogens with one attached hydrogen (secondary N) is 1. The lowest BCUT2D eigenvalue weighted by atomic mass is 9.86. The van der Waals surface area contributed by atoms with Crippen LogP contribution in [0.4, 0.5) is 4.79 Å². The number of nitrogens with two attached hydrogens (primary N) is 1. The van der Waals surface area contributed by atoms with Crippen molar-refractivity contribution in [1.82, 2.24) is 5.32 Å². The van der Waals surface area contributed by atoms with Gasteiger partial charge in [-0.1, -0.05) is 0 Å². The van der Waals surface area contributed by atoms with E-state index in [1.807, 2.05) is 6.07 Å². The van der Waals surface area contributed by atoms with E-state index in [-0.39, 0.29) is 0 Å². The number of ether oxygens (including phenoxy) is 1. The quantitative estimate of drug-likeness (QED) is 0.694. The molecular weight excluding hydrogens is 246 g/mol. The van der Waals surface area contributed by atoms with Crippen molar-refractivity contribution in [2.45, 2.75) is 31.6 Å². The van der Waals surface area contributed by atoms with Crippen molar-refractivity contribution in [2.24, 2.45) is 5.73 Å². The summed E-state index contributed by atoms with van der Waals surface area (Å²) in [7, 11) is 0. The normalized spacial score (nSPS) is 23.7. The molecule has 19 heavy (non-hydrogen) atoms. The summed E-state index contributed by atoms with van der Waals surface area (Å²) in [4.78, 5) is 11.1. The number of rotatable bonds is 1. The molecule has 100 valence electrons. The SMILES string of the molecule is CC1(C)Oc2ccc(C#N)cc2[C@H](NC(N)=O)[C@H]1O. The van der Waals surface area contributed by atoms with Gasteiger partial charge in [-0.25, -0.2) is 4.79 Å². The molecule has 0 aromatic heterocycles. The molecule has 1 aromatic rings. The number of hydrogen-bond donors (Lipinski definition) is 3. The van der Waals surface area contributed by atoms with Crippen molar-refractivity contribution >= 4 is 6.03 Å². The molecule has 2 amide bonds. The van der Waals surface area contributed by atoms with E-state index in [1.165, 1.54) is 0 Å². The predicted octanol–water partition coefficient (Wildman–Crippen LogP) is 0.800. The Morgan fingerprint density at radius 3 is 2.84 bits per heavy atom. The number of carbonyl (C=O) groups is 1. The fourth-order valence-corrected chi connectivity index (χ4v) is 2.18. The zero-order valence-corrected chi connectivity index (χ0v) is 10.7. The standard InChI is InChI=1S/C13H15N3O3/c1-13(2)11(17)10(16-12(15)18)8-5-7(6-14)3-4-9(8)19-13/h3-5,10-11,17H,1-2H3,(H3,15,16,18)/t10-,11+/m0/s1. The van der Waals surface area contributed by atoms with Crippen LogP contribution in [0.2, 0.25) is 0 Å². The molecule has 0 unspecified atom stereocenters. The Labute approximate surface area is 110 Å². The second-order valence-electron chi connectivity index (χ2n) is 5.00. The number of carbonyl (C=O) groups excluding carboxylic acids is 1. The maximum Gasteiger partial charge on any atom is 0.312 e. The summed E-state index contributed by atoms with van der Waals surface area (Å²) >= 11 is 0. The van der Waals surface area contributed by atoms with E-state index in [9.17, 15) is 9.90 Å². The van der Waals surface area contributed by atoms with Crippen molar-refractivity contribution < 1.29 is 14.6 Å². The number of nitrogens with zero attached hydrogens (tertiary/aromatic N) is 1. The third-order valence-electron chi connectivity index (χ3n) is 3.17. The number of fused-ring (bicyclic) bond motifs is 1. The van der Waals surface area contributed by atoms with E-state index in [0.717, 1.165) is 0 Å². The topological polar surface area (TPSA) is 108 Å². The molecule has 1 heterocycles. The van der Waals surface area contributed by atoms with Gasteiger partial charge >= 0.3 is 6.03 Å². The Kier molecular flexibility index (Phi) is 3.08. The molecule has 2 atom stereocenters. The lowest BCUT2D eigenvalue weighted by Crippen LogP contribution is -2.54. The van der Waals surface area contributed by atoms with Gasteiger partial charge in [-0.15, -0.1) is 0 Å². The summed E-state index contributed by atoms with van der Waals surface area (Å²) in [5.74, 6) is 0.521. The zero-order chi connectivity index (χ0) is 14.2. The number of benzene rings is 1. The molecule has 2 rings (SSSR count). The smallest absolute Gasteiger partial charge is 0.312 e. The van der Waals surface area contributed by atoms with Crippen molar-refractivity contribution in [2.75, 3.05) is 0 Å². The maximum absolute atomic E-state index is 11.1. The van der Waals surface area contributed by atoms with Gasteiger partial charge in [-0.3, -0.25) is 0 Å². The van der Waals surface area contributed by atoms with E-state index < -0.39 is 23.8 Å². The largest absolute Gasteiger partial charge is 0.485 e. The Balaban J connectivity index is 2.52. The van der Waals surface area contributed by atoms with E-state index in [4.69, 9.17) is 15.7 Å². The fourth-order valence-electron chi connectivity index (χ4n) is 2.18. The molecule has 4 N–H and O–H groups in total. The van der Waals surface area contributed by atoms with Crippen LogP contribution in [0.5, 0.6) is 5.75 Å². The third-order valence-corrected chi connectivity index (χ3v) is 3.17. The molecule has 0 saturated carbocycles. The van der Waals surface area contributed by atoms with Crippen molar-refractivity contribution in [1.29, 1.82) is 5.26 Å². The van der Waals surface area contributed by atoms with Crippen molar-refractivity contribution in [3.63, 3.8) is 0 Å². The highest BCUT2D eigenvalue weighted by Gasteiger charge is 2.43. The van der Waals surface area contributed by atoms with Gasteiger partial charge in [0.2, 0.25) is 0 Å². The van der Waals surface area contributed by atoms with Gasteiger partial charge in [-0.2, -0.15) is 5.26 Å². The molecule has 1 aliphatic rings. The molecule has 0 fully saturated rings. The van der Waals surface area contributed by atoms with Crippen LogP contribution >= 0.6 is 0 Å². The third kappa shape index (κ3) is 2.33. The molecule has 1 aromatic carbocycles. The van der Waals surface area contributed by atoms with Crippen LogP contribution in [-0.4, -0.2) is 22.8 Å². The van der Waals surface area contributed by atoms with Crippen LogP contribution in [0.1, 0.15) is 31.0 Å². The summed E-state index contributed by atoms with van der Waals surface area (Å²) < 4.78 is 5.69. The molecule has 0 spiro atoms. The number of aliphatic hydroxyl groups is 1. The number of amides is 2. The van der Waals surface area contributed by atoms with Gasteiger partial charge in [0.1, 0.15) is 17.5 Å². The summed E-state index contributed by atoms with van der Waals surface area (Å²) in [6.45, 7) is 3.43. The monoisotopic (exact) mass is 261 g/mol. The van der Waals surface area contributed by atoms with Gasteiger partial charge in [-0.05, 0) is 32.0 Å². The summed E-state index contributed by atoms with van der Waals surface area (Å²) in [5.41, 5.74) is 5.24. The summed E-state index contributed by atoms with van der Waals surface area (Å²) in [6.07, 6.45) is -0.971. The molecule has 6 nitrogen and oxygen atoms in total. The highest BCUT2D eigenvalue weighted by atomic mass is 16.5. The molecule has 6 heteroatoms. The predicted molar refractivity (Wildman–Crippen MR) is 67.3 cm³/mol. The Morgan fingerprint density at radius 2 is 2.26 bits per heavy atom. The molecule has 1 aliphatic heterocycles. The van der Waals surface area contributed by atoms with Crippen LogP contribution in [0.15, 0.2) is 18.2 Å². The first-order chi connectivity index (χ1) is 8.85. The molecule has 0 bridgehead atoms. The fraction of sp³-hybridized carbons (Fsp3) is 0.385. The molecule has 0 saturated heterocycles. The van der Waals surface area contributed by atoms with Gasteiger partial charge in [0.15, 0.2) is 0 Å².